The number of hydrogen-bond donors (Lipinski definition) is 1. The summed E-state index contributed by atoms with van der Waals surface area (Å²) in [5.41, 5.74) is 6.17. The number of aromatic nitrogens is 1. The molecule has 21 heavy (non-hydrogen) atoms. The van der Waals surface area contributed by atoms with Crippen molar-refractivity contribution in [1.82, 2.24) is 10.3 Å². The van der Waals surface area contributed by atoms with Crippen LogP contribution in [-0.4, -0.2) is 18.1 Å². The van der Waals surface area contributed by atoms with Crippen LogP contribution < -0.4 is 10.2 Å². The molecule has 0 spiro atoms. The van der Waals surface area contributed by atoms with Crippen LogP contribution in [0, 0.1) is 13.8 Å². The molecule has 3 heteroatoms. The number of aryl methyl sites for hydroxylation is 2. The second-order valence-electron chi connectivity index (χ2n) is 5.94. The fourth-order valence-electron chi connectivity index (χ4n) is 2.46. The van der Waals surface area contributed by atoms with Gasteiger partial charge in [-0.3, -0.25) is 4.98 Å². The Morgan fingerprint density at radius 2 is 1.81 bits per heavy atom. The standard InChI is InChI=1S/C18H25N3/c1-13(2)20-11-16-6-7-19-12-18(16)21(5)17-9-14(3)8-15(4)10-17/h6-10,12-13,20H,11H2,1-5H3. The fourth-order valence-corrected chi connectivity index (χ4v) is 2.46. The third-order valence-electron chi connectivity index (χ3n) is 3.54. The van der Waals surface area contributed by atoms with Gasteiger partial charge in [0.15, 0.2) is 0 Å². The summed E-state index contributed by atoms with van der Waals surface area (Å²) in [6.07, 6.45) is 3.80. The van der Waals surface area contributed by atoms with Crippen LogP contribution in [0.15, 0.2) is 36.7 Å². The Bertz CT molecular complexity index is 585. The van der Waals surface area contributed by atoms with Crippen LogP contribution in [0.25, 0.3) is 0 Å². The van der Waals surface area contributed by atoms with Crippen LogP contribution >= 0.6 is 0 Å². The van der Waals surface area contributed by atoms with Crippen molar-refractivity contribution in [3.8, 4) is 0 Å². The molecular formula is C18H25N3. The highest BCUT2D eigenvalue weighted by molar-refractivity contribution is 5.66. The Labute approximate surface area is 128 Å². The van der Waals surface area contributed by atoms with E-state index in [0.717, 1.165) is 12.2 Å². The summed E-state index contributed by atoms with van der Waals surface area (Å²) in [5, 5.41) is 3.48. The second-order valence-corrected chi connectivity index (χ2v) is 5.94. The van der Waals surface area contributed by atoms with Gasteiger partial charge in [0.05, 0.1) is 11.9 Å². The minimum Gasteiger partial charge on any atom is -0.343 e. The number of pyridine rings is 1. The summed E-state index contributed by atoms with van der Waals surface area (Å²) in [7, 11) is 2.10. The number of anilines is 2. The number of hydrogen-bond acceptors (Lipinski definition) is 3. The zero-order valence-corrected chi connectivity index (χ0v) is 13.6. The zero-order chi connectivity index (χ0) is 15.4. The first-order valence-electron chi connectivity index (χ1n) is 7.45. The summed E-state index contributed by atoms with van der Waals surface area (Å²) in [6, 6.07) is 9.17. The van der Waals surface area contributed by atoms with Gasteiger partial charge >= 0.3 is 0 Å². The molecule has 1 aromatic carbocycles. The molecule has 0 atom stereocenters. The number of rotatable bonds is 5. The van der Waals surface area contributed by atoms with Gasteiger partial charge in [-0.1, -0.05) is 19.9 Å². The number of benzene rings is 1. The van der Waals surface area contributed by atoms with E-state index in [1.54, 1.807) is 0 Å². The topological polar surface area (TPSA) is 28.2 Å². The van der Waals surface area contributed by atoms with Gasteiger partial charge in [0.25, 0.3) is 0 Å². The highest BCUT2D eigenvalue weighted by Gasteiger charge is 2.10. The molecule has 0 aliphatic rings. The first-order chi connectivity index (χ1) is 9.97. The van der Waals surface area contributed by atoms with E-state index in [1.165, 1.54) is 22.4 Å². The van der Waals surface area contributed by atoms with Gasteiger partial charge in [-0.05, 0) is 48.7 Å². The van der Waals surface area contributed by atoms with E-state index in [2.05, 4.69) is 74.2 Å². The van der Waals surface area contributed by atoms with Crippen molar-refractivity contribution in [3.63, 3.8) is 0 Å². The molecule has 1 aromatic heterocycles. The molecule has 0 unspecified atom stereocenters. The first kappa shape index (κ1) is 15.5. The normalized spacial score (nSPS) is 11.0. The molecular weight excluding hydrogens is 258 g/mol. The first-order valence-corrected chi connectivity index (χ1v) is 7.45. The second kappa shape index (κ2) is 6.72. The highest BCUT2D eigenvalue weighted by atomic mass is 15.1. The smallest absolute Gasteiger partial charge is 0.0640 e. The van der Waals surface area contributed by atoms with Gasteiger partial charge < -0.3 is 10.2 Å². The van der Waals surface area contributed by atoms with Crippen molar-refractivity contribution >= 4 is 11.4 Å². The zero-order valence-electron chi connectivity index (χ0n) is 13.6. The van der Waals surface area contributed by atoms with E-state index in [4.69, 9.17) is 0 Å². The number of nitrogens with one attached hydrogen (secondary N) is 1. The summed E-state index contributed by atoms with van der Waals surface area (Å²) < 4.78 is 0. The molecule has 0 saturated carbocycles. The van der Waals surface area contributed by atoms with Gasteiger partial charge in [-0.15, -0.1) is 0 Å². The Kier molecular flexibility index (Phi) is 4.97. The Balaban J connectivity index is 2.32. The van der Waals surface area contributed by atoms with Crippen molar-refractivity contribution in [3.05, 3.63) is 53.3 Å². The Morgan fingerprint density at radius 1 is 1.14 bits per heavy atom. The predicted molar refractivity (Wildman–Crippen MR) is 90.2 cm³/mol. The third kappa shape index (κ3) is 4.05. The average molecular weight is 283 g/mol. The lowest BCUT2D eigenvalue weighted by atomic mass is 10.1. The van der Waals surface area contributed by atoms with Crippen molar-refractivity contribution in [1.29, 1.82) is 0 Å². The predicted octanol–water partition coefficient (Wildman–Crippen LogP) is 3.96. The van der Waals surface area contributed by atoms with E-state index in [-0.39, 0.29) is 0 Å². The maximum absolute atomic E-state index is 4.29. The van der Waals surface area contributed by atoms with E-state index in [0.29, 0.717) is 6.04 Å². The molecule has 1 heterocycles. The van der Waals surface area contributed by atoms with Crippen molar-refractivity contribution in [2.45, 2.75) is 40.3 Å². The summed E-state index contributed by atoms with van der Waals surface area (Å²) in [6.45, 7) is 9.44. The molecule has 0 aliphatic carbocycles. The van der Waals surface area contributed by atoms with Crippen LogP contribution in [-0.2, 0) is 6.54 Å². The Hall–Kier alpha value is -1.87. The largest absolute Gasteiger partial charge is 0.343 e. The molecule has 0 amide bonds. The molecule has 112 valence electrons. The molecule has 0 radical (unpaired) electrons. The Morgan fingerprint density at radius 3 is 2.43 bits per heavy atom. The van der Waals surface area contributed by atoms with Gasteiger partial charge in [0.1, 0.15) is 0 Å². The lowest BCUT2D eigenvalue weighted by Crippen LogP contribution is -2.23. The molecule has 1 N–H and O–H groups in total. The molecule has 0 bridgehead atoms. The van der Waals surface area contributed by atoms with Gasteiger partial charge in [-0.25, -0.2) is 0 Å². The monoisotopic (exact) mass is 283 g/mol. The van der Waals surface area contributed by atoms with Crippen LogP contribution in [0.3, 0.4) is 0 Å². The van der Waals surface area contributed by atoms with E-state index in [9.17, 15) is 0 Å². The van der Waals surface area contributed by atoms with E-state index in [1.807, 2.05) is 12.4 Å². The third-order valence-corrected chi connectivity index (χ3v) is 3.54. The van der Waals surface area contributed by atoms with E-state index < -0.39 is 0 Å². The van der Waals surface area contributed by atoms with Crippen molar-refractivity contribution < 1.29 is 0 Å². The highest BCUT2D eigenvalue weighted by Crippen LogP contribution is 2.27. The summed E-state index contributed by atoms with van der Waals surface area (Å²) >= 11 is 0. The van der Waals surface area contributed by atoms with Crippen LogP contribution in [0.4, 0.5) is 11.4 Å². The lowest BCUT2D eigenvalue weighted by Gasteiger charge is -2.23. The SMILES string of the molecule is Cc1cc(C)cc(N(C)c2cnccc2CNC(C)C)c1. The maximum Gasteiger partial charge on any atom is 0.0640 e. The molecule has 0 saturated heterocycles. The van der Waals surface area contributed by atoms with E-state index >= 15 is 0 Å². The van der Waals surface area contributed by atoms with Gasteiger partial charge in [0, 0.05) is 31.5 Å². The van der Waals surface area contributed by atoms with Crippen LogP contribution in [0.1, 0.15) is 30.5 Å². The average Bonchev–Trinajstić information content (AvgIpc) is 2.43. The van der Waals surface area contributed by atoms with Crippen molar-refractivity contribution in [2.24, 2.45) is 0 Å². The number of nitrogens with zero attached hydrogens (tertiary/aromatic N) is 2. The van der Waals surface area contributed by atoms with Gasteiger partial charge in [-0.2, -0.15) is 0 Å². The summed E-state index contributed by atoms with van der Waals surface area (Å²) in [4.78, 5) is 6.51. The minimum absolute atomic E-state index is 0.470. The van der Waals surface area contributed by atoms with Gasteiger partial charge in [0.2, 0.25) is 0 Å². The molecule has 3 nitrogen and oxygen atoms in total. The molecule has 0 fully saturated rings. The minimum atomic E-state index is 0.470. The summed E-state index contributed by atoms with van der Waals surface area (Å²) in [5.74, 6) is 0. The maximum atomic E-state index is 4.29. The lowest BCUT2D eigenvalue weighted by molar-refractivity contribution is 0.588. The van der Waals surface area contributed by atoms with Crippen molar-refractivity contribution in [2.75, 3.05) is 11.9 Å². The molecule has 2 aromatic rings. The molecule has 0 aliphatic heterocycles. The van der Waals surface area contributed by atoms with Crippen LogP contribution in [0.5, 0.6) is 0 Å². The quantitative estimate of drug-likeness (QED) is 0.900. The molecule has 2 rings (SSSR count). The fraction of sp³-hybridized carbons (Fsp3) is 0.389. The van der Waals surface area contributed by atoms with Crippen LogP contribution in [0.2, 0.25) is 0 Å².